The molecule has 2 aromatic rings. The number of halogens is 2. The molecule has 0 saturated heterocycles. The number of likely N-dealkylation sites (N-methyl/N-ethyl adjacent to an activating group) is 1. The van der Waals surface area contributed by atoms with Gasteiger partial charge in [0.05, 0.1) is 6.61 Å². The number of carbonyl (C=O) groups is 2. The molecule has 0 heterocycles. The third-order valence-corrected chi connectivity index (χ3v) is 5.27. The van der Waals surface area contributed by atoms with Crippen molar-refractivity contribution in [3.63, 3.8) is 0 Å². The van der Waals surface area contributed by atoms with E-state index in [0.717, 1.165) is 5.56 Å². The zero-order valence-corrected chi connectivity index (χ0v) is 18.9. The zero-order chi connectivity index (χ0) is 21.9. The maximum Gasteiger partial charge on any atom is 0.242 e. The Labute approximate surface area is 188 Å². The van der Waals surface area contributed by atoms with Gasteiger partial charge in [0.1, 0.15) is 11.8 Å². The van der Waals surface area contributed by atoms with E-state index < -0.39 is 6.04 Å². The Morgan fingerprint density at radius 3 is 2.40 bits per heavy atom. The first kappa shape index (κ1) is 24.0. The molecule has 2 rings (SSSR count). The van der Waals surface area contributed by atoms with Gasteiger partial charge in [0.25, 0.3) is 0 Å². The molecule has 0 aliphatic rings. The molecule has 0 saturated carbocycles. The molecule has 1 atom stereocenters. The van der Waals surface area contributed by atoms with E-state index in [-0.39, 0.29) is 24.8 Å². The molecule has 5 nitrogen and oxygen atoms in total. The van der Waals surface area contributed by atoms with E-state index in [0.29, 0.717) is 41.8 Å². The van der Waals surface area contributed by atoms with Gasteiger partial charge in [-0.3, -0.25) is 9.59 Å². The second-order valence-electron chi connectivity index (χ2n) is 6.84. The zero-order valence-electron chi connectivity index (χ0n) is 17.4. The van der Waals surface area contributed by atoms with Crippen LogP contribution in [0.25, 0.3) is 0 Å². The first-order valence-electron chi connectivity index (χ1n) is 10.1. The summed E-state index contributed by atoms with van der Waals surface area (Å²) in [7, 11) is 0. The first-order chi connectivity index (χ1) is 14.5. The average Bonchev–Trinajstić information content (AvgIpc) is 2.73. The number of nitrogens with one attached hydrogen (secondary N) is 1. The van der Waals surface area contributed by atoms with Gasteiger partial charge in [-0.2, -0.15) is 0 Å². The Kier molecular flexibility index (Phi) is 9.98. The Morgan fingerprint density at radius 2 is 1.77 bits per heavy atom. The second kappa shape index (κ2) is 12.5. The van der Waals surface area contributed by atoms with Crippen molar-refractivity contribution < 1.29 is 14.3 Å². The monoisotopic (exact) mass is 450 g/mol. The summed E-state index contributed by atoms with van der Waals surface area (Å²) in [6.07, 6.45) is 1.32. The predicted molar refractivity (Wildman–Crippen MR) is 121 cm³/mol. The van der Waals surface area contributed by atoms with Crippen LogP contribution in [0.3, 0.4) is 0 Å². The third kappa shape index (κ3) is 7.22. The van der Waals surface area contributed by atoms with Gasteiger partial charge in [0.2, 0.25) is 11.8 Å². The van der Waals surface area contributed by atoms with Crippen LogP contribution in [0.15, 0.2) is 48.5 Å². The first-order valence-corrected chi connectivity index (χ1v) is 10.9. The summed E-state index contributed by atoms with van der Waals surface area (Å²) in [6.45, 7) is 4.95. The highest BCUT2D eigenvalue weighted by atomic mass is 35.5. The van der Waals surface area contributed by atoms with Crippen molar-refractivity contribution in [3.05, 3.63) is 64.1 Å². The van der Waals surface area contributed by atoms with E-state index >= 15 is 0 Å². The summed E-state index contributed by atoms with van der Waals surface area (Å²) >= 11 is 12.2. The van der Waals surface area contributed by atoms with E-state index in [1.807, 2.05) is 32.0 Å². The molecule has 2 aromatic carbocycles. The number of hydrogen-bond acceptors (Lipinski definition) is 3. The number of rotatable bonds is 11. The van der Waals surface area contributed by atoms with E-state index in [9.17, 15) is 9.59 Å². The molecule has 0 spiro atoms. The van der Waals surface area contributed by atoms with Crippen molar-refractivity contribution in [1.29, 1.82) is 0 Å². The number of hydrogen-bond donors (Lipinski definition) is 1. The number of amides is 2. The van der Waals surface area contributed by atoms with Gasteiger partial charge in [0, 0.05) is 29.6 Å². The van der Waals surface area contributed by atoms with Crippen LogP contribution in [0.1, 0.15) is 38.7 Å². The molecule has 0 bridgehead atoms. The highest BCUT2D eigenvalue weighted by Gasteiger charge is 2.28. The van der Waals surface area contributed by atoms with Crippen molar-refractivity contribution in [2.45, 2.75) is 45.7 Å². The molecule has 7 heteroatoms. The van der Waals surface area contributed by atoms with Crippen molar-refractivity contribution in [2.75, 3.05) is 13.2 Å². The van der Waals surface area contributed by atoms with E-state index in [1.54, 1.807) is 35.2 Å². The molecule has 30 heavy (non-hydrogen) atoms. The van der Waals surface area contributed by atoms with Crippen LogP contribution in [-0.4, -0.2) is 35.9 Å². The molecule has 0 radical (unpaired) electrons. The molecule has 0 unspecified atom stereocenters. The molecule has 0 fully saturated rings. The van der Waals surface area contributed by atoms with Gasteiger partial charge >= 0.3 is 0 Å². The summed E-state index contributed by atoms with van der Waals surface area (Å²) in [4.78, 5) is 27.2. The third-order valence-electron chi connectivity index (χ3n) is 4.65. The second-order valence-corrected chi connectivity index (χ2v) is 7.68. The maximum atomic E-state index is 13.1. The Bertz CT molecular complexity index is 827. The number of ether oxygens (including phenoxy) is 1. The number of nitrogens with zero attached hydrogens (tertiary/aromatic N) is 1. The fourth-order valence-corrected chi connectivity index (χ4v) is 3.43. The number of carbonyl (C=O) groups excluding carboxylic acids is 2. The van der Waals surface area contributed by atoms with Crippen LogP contribution < -0.4 is 10.1 Å². The Hall–Kier alpha value is -2.24. The summed E-state index contributed by atoms with van der Waals surface area (Å²) in [6, 6.07) is 13.9. The lowest BCUT2D eigenvalue weighted by Gasteiger charge is -2.31. The van der Waals surface area contributed by atoms with Gasteiger partial charge in [0.15, 0.2) is 0 Å². The molecular weight excluding hydrogens is 423 g/mol. The highest BCUT2D eigenvalue weighted by molar-refractivity contribution is 6.31. The van der Waals surface area contributed by atoms with Crippen molar-refractivity contribution >= 4 is 35.0 Å². The van der Waals surface area contributed by atoms with Crippen LogP contribution in [-0.2, 0) is 16.1 Å². The topological polar surface area (TPSA) is 58.6 Å². The average molecular weight is 451 g/mol. The molecule has 162 valence electrons. The van der Waals surface area contributed by atoms with Crippen LogP contribution >= 0.6 is 23.2 Å². The van der Waals surface area contributed by atoms with Crippen molar-refractivity contribution in [1.82, 2.24) is 10.2 Å². The minimum atomic E-state index is -0.550. The van der Waals surface area contributed by atoms with E-state index in [4.69, 9.17) is 27.9 Å². The minimum absolute atomic E-state index is 0.104. The van der Waals surface area contributed by atoms with Gasteiger partial charge in [-0.05, 0) is 55.7 Å². The Morgan fingerprint density at radius 1 is 1.07 bits per heavy atom. The van der Waals surface area contributed by atoms with Crippen molar-refractivity contribution in [2.24, 2.45) is 0 Å². The summed E-state index contributed by atoms with van der Waals surface area (Å²) in [5.41, 5.74) is 0.813. The lowest BCUT2D eigenvalue weighted by Crippen LogP contribution is -2.49. The van der Waals surface area contributed by atoms with E-state index in [1.165, 1.54) is 0 Å². The molecule has 0 aliphatic carbocycles. The molecule has 1 N–H and O–H groups in total. The molecule has 0 aliphatic heterocycles. The lowest BCUT2D eigenvalue weighted by atomic mass is 10.1. The van der Waals surface area contributed by atoms with Gasteiger partial charge in [-0.15, -0.1) is 0 Å². The molecular formula is C23H28Cl2N2O3. The van der Waals surface area contributed by atoms with Gasteiger partial charge < -0.3 is 15.0 Å². The predicted octanol–water partition coefficient (Wildman–Crippen LogP) is 5.10. The fraction of sp³-hybridized carbons (Fsp3) is 0.391. The van der Waals surface area contributed by atoms with Gasteiger partial charge in [-0.1, -0.05) is 48.3 Å². The maximum absolute atomic E-state index is 13.1. The van der Waals surface area contributed by atoms with Crippen molar-refractivity contribution in [3.8, 4) is 5.75 Å². The largest absolute Gasteiger partial charge is 0.494 e. The van der Waals surface area contributed by atoms with Gasteiger partial charge in [-0.25, -0.2) is 0 Å². The summed E-state index contributed by atoms with van der Waals surface area (Å²) < 4.78 is 5.67. The van der Waals surface area contributed by atoms with Crippen LogP contribution in [0.4, 0.5) is 0 Å². The molecule has 0 aromatic heterocycles. The molecule has 2 amide bonds. The number of benzene rings is 2. The SMILES string of the molecule is CCNC(=O)[C@@H](CC)N(Cc1ccccc1Cl)C(=O)CCCOc1ccc(Cl)cc1. The van der Waals surface area contributed by atoms with Crippen LogP contribution in [0.2, 0.25) is 10.0 Å². The quantitative estimate of drug-likeness (QED) is 0.484. The summed E-state index contributed by atoms with van der Waals surface area (Å²) in [5, 5.41) is 4.04. The fourth-order valence-electron chi connectivity index (χ4n) is 3.11. The normalized spacial score (nSPS) is 11.6. The van der Waals surface area contributed by atoms with E-state index in [2.05, 4.69) is 5.32 Å². The summed E-state index contributed by atoms with van der Waals surface area (Å²) in [5.74, 6) is 0.444. The lowest BCUT2D eigenvalue weighted by molar-refractivity contribution is -0.141. The highest BCUT2D eigenvalue weighted by Crippen LogP contribution is 2.21. The minimum Gasteiger partial charge on any atom is -0.494 e. The Balaban J connectivity index is 2.04. The standard InChI is InChI=1S/C23H28Cl2N2O3/c1-3-21(23(29)26-4-2)27(16-17-8-5-6-9-20(17)25)22(28)10-7-15-30-19-13-11-18(24)12-14-19/h5-6,8-9,11-14,21H,3-4,7,10,15-16H2,1-2H3,(H,26,29)/t21-/m1/s1. The van der Waals surface area contributed by atoms with Crippen LogP contribution in [0, 0.1) is 0 Å². The smallest absolute Gasteiger partial charge is 0.242 e. The van der Waals surface area contributed by atoms with Crippen LogP contribution in [0.5, 0.6) is 5.75 Å².